The van der Waals surface area contributed by atoms with Gasteiger partial charge in [0.25, 0.3) is 0 Å². The first kappa shape index (κ1) is 19.0. The summed E-state index contributed by atoms with van der Waals surface area (Å²) < 4.78 is 31.7. The molecule has 1 aromatic rings. The molecule has 0 aliphatic rings. The van der Waals surface area contributed by atoms with E-state index in [1.54, 1.807) is 31.4 Å². The van der Waals surface area contributed by atoms with E-state index in [2.05, 4.69) is 9.46 Å². The van der Waals surface area contributed by atoms with Gasteiger partial charge in [0.15, 0.2) is 0 Å². The Balaban J connectivity index is 2.92. The molecular weight excluding hydrogens is 326 g/mol. The van der Waals surface area contributed by atoms with Gasteiger partial charge in [-0.15, -0.1) is 0 Å². The van der Waals surface area contributed by atoms with Gasteiger partial charge in [-0.3, -0.25) is 0 Å². The first-order valence-electron chi connectivity index (χ1n) is 6.64. The molecule has 2 N–H and O–H groups in total. The van der Waals surface area contributed by atoms with Crippen LogP contribution in [-0.2, 0) is 20.5 Å². The van der Waals surface area contributed by atoms with Crippen molar-refractivity contribution in [3.05, 3.63) is 35.4 Å². The van der Waals surface area contributed by atoms with E-state index in [0.717, 1.165) is 0 Å². The second-order valence-corrected chi connectivity index (χ2v) is 7.60. The van der Waals surface area contributed by atoms with Gasteiger partial charge >= 0.3 is 5.97 Å². The number of benzene rings is 1. The summed E-state index contributed by atoms with van der Waals surface area (Å²) in [5.41, 5.74) is 0.602. The zero-order valence-corrected chi connectivity index (χ0v) is 14.4. The molecule has 0 saturated carbocycles. The Bertz CT molecular complexity index is 599. The highest BCUT2D eigenvalue weighted by Gasteiger charge is 2.23. The van der Waals surface area contributed by atoms with Crippen molar-refractivity contribution in [2.75, 3.05) is 20.0 Å². The molecule has 124 valence electrons. The Morgan fingerprint density at radius 3 is 2.59 bits per heavy atom. The van der Waals surface area contributed by atoms with Crippen molar-refractivity contribution in [2.24, 2.45) is 0 Å². The molecule has 0 unspecified atom stereocenters. The number of nitrogens with one attached hydrogen (secondary N) is 1. The molecule has 1 aromatic carbocycles. The summed E-state index contributed by atoms with van der Waals surface area (Å²) in [5.74, 6) is -0.897. The monoisotopic (exact) mass is 347 g/mol. The van der Waals surface area contributed by atoms with Gasteiger partial charge in [0, 0.05) is 11.3 Å². The topological polar surface area (TPSA) is 92.7 Å². The Hall–Kier alpha value is -1.09. The molecule has 0 bridgehead atoms. The summed E-state index contributed by atoms with van der Waals surface area (Å²) in [6, 6.07) is 6.00. The molecule has 0 fully saturated rings. The molecule has 0 amide bonds. The summed E-state index contributed by atoms with van der Waals surface area (Å²) in [6.07, 6.45) is 1.80. The first-order valence-corrected chi connectivity index (χ1v) is 9.58. The van der Waals surface area contributed by atoms with Crippen LogP contribution < -0.4 is 4.72 Å². The van der Waals surface area contributed by atoms with Crippen LogP contribution in [0.5, 0.6) is 0 Å². The van der Waals surface area contributed by atoms with Crippen LogP contribution in [0.15, 0.2) is 24.3 Å². The number of hydrogen-bond donors (Lipinski definition) is 2. The van der Waals surface area contributed by atoms with Gasteiger partial charge in [-0.2, -0.15) is 11.8 Å². The minimum absolute atomic E-state index is 0.121. The van der Waals surface area contributed by atoms with Gasteiger partial charge in [-0.05, 0) is 24.8 Å². The fourth-order valence-corrected chi connectivity index (χ4v) is 4.18. The van der Waals surface area contributed by atoms with Crippen LogP contribution in [0.3, 0.4) is 0 Å². The Morgan fingerprint density at radius 2 is 2.05 bits per heavy atom. The van der Waals surface area contributed by atoms with Crippen molar-refractivity contribution in [2.45, 2.75) is 24.0 Å². The lowest BCUT2D eigenvalue weighted by Crippen LogP contribution is -2.41. The Labute approximate surface area is 135 Å². The van der Waals surface area contributed by atoms with E-state index in [-0.39, 0.29) is 23.2 Å². The molecule has 2 atom stereocenters. The molecule has 6 nitrogen and oxygen atoms in total. The third-order valence-corrected chi connectivity index (χ3v) is 5.76. The summed E-state index contributed by atoms with van der Waals surface area (Å²) >= 11 is 1.39. The Morgan fingerprint density at radius 1 is 1.41 bits per heavy atom. The molecule has 0 aromatic heterocycles. The third-order valence-electron chi connectivity index (χ3n) is 3.17. The number of hydrogen-bond acceptors (Lipinski definition) is 6. The predicted octanol–water partition coefficient (Wildman–Crippen LogP) is 1.00. The molecule has 0 saturated heterocycles. The first-order chi connectivity index (χ1) is 10.3. The minimum Gasteiger partial charge on any atom is -0.465 e. The number of aliphatic hydroxyl groups is 1. The predicted molar refractivity (Wildman–Crippen MR) is 87.4 cm³/mol. The lowest BCUT2D eigenvalue weighted by Gasteiger charge is -2.21. The molecule has 1 rings (SSSR count). The van der Waals surface area contributed by atoms with Crippen LogP contribution >= 0.6 is 11.8 Å². The van der Waals surface area contributed by atoms with Crippen molar-refractivity contribution in [1.82, 2.24) is 4.72 Å². The molecule has 0 heterocycles. The van der Waals surface area contributed by atoms with E-state index in [1.165, 1.54) is 24.9 Å². The molecule has 0 aliphatic carbocycles. The van der Waals surface area contributed by atoms with Crippen LogP contribution in [-0.4, -0.2) is 50.8 Å². The van der Waals surface area contributed by atoms with Crippen molar-refractivity contribution >= 4 is 27.8 Å². The van der Waals surface area contributed by atoms with Crippen LogP contribution in [0.1, 0.15) is 22.8 Å². The van der Waals surface area contributed by atoms with Gasteiger partial charge in [-0.1, -0.05) is 18.2 Å². The normalized spacial score (nSPS) is 14.4. The maximum absolute atomic E-state index is 12.3. The quantitative estimate of drug-likeness (QED) is 0.682. The second-order valence-electron chi connectivity index (χ2n) is 4.77. The number of rotatable bonds is 8. The van der Waals surface area contributed by atoms with E-state index in [4.69, 9.17) is 0 Å². The summed E-state index contributed by atoms with van der Waals surface area (Å²) in [7, 11) is -2.40. The fourth-order valence-electron chi connectivity index (χ4n) is 2.00. The number of ether oxygens (including phenoxy) is 1. The highest BCUT2D eigenvalue weighted by Crippen LogP contribution is 2.16. The van der Waals surface area contributed by atoms with Gasteiger partial charge in [0.2, 0.25) is 10.0 Å². The number of sulfonamides is 1. The van der Waals surface area contributed by atoms with Crippen molar-refractivity contribution in [3.8, 4) is 0 Å². The number of methoxy groups -OCH3 is 1. The molecule has 8 heteroatoms. The van der Waals surface area contributed by atoms with Crippen LogP contribution in [0.25, 0.3) is 0 Å². The highest BCUT2D eigenvalue weighted by molar-refractivity contribution is 7.99. The van der Waals surface area contributed by atoms with Crippen LogP contribution in [0.4, 0.5) is 0 Å². The molecule has 0 spiro atoms. The maximum atomic E-state index is 12.3. The summed E-state index contributed by atoms with van der Waals surface area (Å²) in [4.78, 5) is 11.7. The van der Waals surface area contributed by atoms with E-state index in [0.29, 0.717) is 5.56 Å². The number of esters is 1. The number of carbonyl (C=O) groups is 1. The average Bonchev–Trinajstić information content (AvgIpc) is 2.47. The van der Waals surface area contributed by atoms with Crippen molar-refractivity contribution < 1.29 is 23.1 Å². The van der Waals surface area contributed by atoms with Gasteiger partial charge in [-0.25, -0.2) is 17.9 Å². The minimum atomic E-state index is -3.65. The smallest absolute Gasteiger partial charge is 0.338 e. The molecule has 0 radical (unpaired) electrons. The van der Waals surface area contributed by atoms with Gasteiger partial charge in [0.1, 0.15) is 0 Å². The van der Waals surface area contributed by atoms with Crippen molar-refractivity contribution in [1.29, 1.82) is 0 Å². The Kier molecular flexibility index (Phi) is 7.34. The standard InChI is InChI=1S/C14H21NO5S2/c1-10(13(8-16)21-3)15-22(18,19)9-11-6-4-5-7-12(11)14(17)20-2/h4-7,10,13,15-16H,8-9H2,1-3H3/t10-,13+/m0/s1. The third kappa shape index (κ3) is 5.28. The van der Waals surface area contributed by atoms with Gasteiger partial charge < -0.3 is 9.84 Å². The van der Waals surface area contributed by atoms with Crippen molar-refractivity contribution in [3.63, 3.8) is 0 Å². The van der Waals surface area contributed by atoms with Crippen LogP contribution in [0, 0.1) is 0 Å². The summed E-state index contributed by atoms with van der Waals surface area (Å²) in [5, 5.41) is 8.98. The SMILES string of the molecule is COC(=O)c1ccccc1CS(=O)(=O)N[C@@H](C)[C@@H](CO)SC. The lowest BCUT2D eigenvalue weighted by molar-refractivity contribution is 0.0600. The fraction of sp³-hybridized carbons (Fsp3) is 0.500. The lowest BCUT2D eigenvalue weighted by atomic mass is 10.1. The van der Waals surface area contributed by atoms with Crippen LogP contribution in [0.2, 0.25) is 0 Å². The van der Waals surface area contributed by atoms with E-state index in [1.807, 2.05) is 0 Å². The number of carbonyl (C=O) groups excluding carboxylic acids is 1. The van der Waals surface area contributed by atoms with Gasteiger partial charge in [0.05, 0.1) is 25.0 Å². The maximum Gasteiger partial charge on any atom is 0.338 e. The zero-order chi connectivity index (χ0) is 16.8. The summed E-state index contributed by atoms with van der Waals surface area (Å²) in [6.45, 7) is 1.57. The average molecular weight is 347 g/mol. The number of thioether (sulfide) groups is 1. The molecule has 0 aliphatic heterocycles. The number of aliphatic hydroxyl groups excluding tert-OH is 1. The zero-order valence-electron chi connectivity index (χ0n) is 12.8. The largest absolute Gasteiger partial charge is 0.465 e. The highest BCUT2D eigenvalue weighted by atomic mass is 32.2. The molecule has 22 heavy (non-hydrogen) atoms. The molecular formula is C14H21NO5S2. The van der Waals surface area contributed by atoms with E-state index in [9.17, 15) is 18.3 Å². The van der Waals surface area contributed by atoms with E-state index < -0.39 is 22.0 Å². The second kappa shape index (κ2) is 8.52. The van der Waals surface area contributed by atoms with E-state index >= 15 is 0 Å².